The van der Waals surface area contributed by atoms with Crippen LogP contribution in [0, 0.1) is 5.82 Å². The number of para-hydroxylation sites is 1. The van der Waals surface area contributed by atoms with Gasteiger partial charge in [-0.2, -0.15) is 0 Å². The van der Waals surface area contributed by atoms with Crippen molar-refractivity contribution < 1.29 is 8.81 Å². The van der Waals surface area contributed by atoms with E-state index in [0.29, 0.717) is 12.0 Å². The van der Waals surface area contributed by atoms with Gasteiger partial charge in [0.1, 0.15) is 11.6 Å². The van der Waals surface area contributed by atoms with Crippen molar-refractivity contribution in [3.63, 3.8) is 0 Å². The summed E-state index contributed by atoms with van der Waals surface area (Å²) in [7, 11) is 0. The SMILES string of the molecule is Fc1ccccc1[C@H]1CC(c2ccco2)=Nc2ccccc2S1. The standard InChI is InChI=1S/C19H14FNOS/c20-14-7-2-1-6-13(14)19-12-16(17-9-5-11-22-17)21-15-8-3-4-10-18(15)23-19/h1-11,19H,12H2/t19-/m1/s1. The molecule has 2 heterocycles. The molecule has 0 bridgehead atoms. The lowest BCUT2D eigenvalue weighted by molar-refractivity contribution is 0.555. The molecule has 3 aromatic rings. The van der Waals surface area contributed by atoms with Gasteiger partial charge in [0.15, 0.2) is 0 Å². The molecule has 2 nitrogen and oxygen atoms in total. The molecule has 1 aliphatic rings. The van der Waals surface area contributed by atoms with Crippen LogP contribution in [-0.2, 0) is 0 Å². The van der Waals surface area contributed by atoms with Crippen LogP contribution >= 0.6 is 11.8 Å². The molecule has 0 radical (unpaired) electrons. The first kappa shape index (κ1) is 14.3. The smallest absolute Gasteiger partial charge is 0.148 e. The largest absolute Gasteiger partial charge is 0.463 e. The van der Waals surface area contributed by atoms with Crippen LogP contribution in [0.5, 0.6) is 0 Å². The summed E-state index contributed by atoms with van der Waals surface area (Å²) in [4.78, 5) is 5.82. The Balaban J connectivity index is 1.82. The second-order valence-corrected chi connectivity index (χ2v) is 6.58. The first-order chi connectivity index (χ1) is 11.3. The molecule has 114 valence electrons. The molecule has 1 aliphatic heterocycles. The van der Waals surface area contributed by atoms with Gasteiger partial charge in [-0.25, -0.2) is 9.38 Å². The van der Waals surface area contributed by atoms with Gasteiger partial charge in [0.2, 0.25) is 0 Å². The van der Waals surface area contributed by atoms with Crippen LogP contribution in [0.25, 0.3) is 0 Å². The van der Waals surface area contributed by atoms with E-state index in [9.17, 15) is 4.39 Å². The maximum atomic E-state index is 14.3. The lowest BCUT2D eigenvalue weighted by atomic mass is 10.0. The Morgan fingerprint density at radius 1 is 1.00 bits per heavy atom. The fourth-order valence-electron chi connectivity index (χ4n) is 2.72. The van der Waals surface area contributed by atoms with E-state index in [0.717, 1.165) is 22.1 Å². The average Bonchev–Trinajstić information content (AvgIpc) is 3.03. The van der Waals surface area contributed by atoms with Crippen molar-refractivity contribution in [1.82, 2.24) is 0 Å². The van der Waals surface area contributed by atoms with Gasteiger partial charge in [-0.15, -0.1) is 11.8 Å². The number of thioether (sulfide) groups is 1. The van der Waals surface area contributed by atoms with Crippen molar-refractivity contribution in [3.05, 3.63) is 84.1 Å². The maximum absolute atomic E-state index is 14.3. The topological polar surface area (TPSA) is 25.5 Å². The fraction of sp³-hybridized carbons (Fsp3) is 0.105. The lowest BCUT2D eigenvalue weighted by Crippen LogP contribution is -2.05. The Morgan fingerprint density at radius 2 is 1.83 bits per heavy atom. The predicted octanol–water partition coefficient (Wildman–Crippen LogP) is 5.78. The van der Waals surface area contributed by atoms with E-state index in [1.807, 2.05) is 48.5 Å². The van der Waals surface area contributed by atoms with Gasteiger partial charge in [0.05, 0.1) is 17.7 Å². The van der Waals surface area contributed by atoms with Crippen LogP contribution in [0.2, 0.25) is 0 Å². The van der Waals surface area contributed by atoms with Crippen molar-refractivity contribution in [2.24, 2.45) is 4.99 Å². The van der Waals surface area contributed by atoms with E-state index in [2.05, 4.69) is 0 Å². The van der Waals surface area contributed by atoms with Crippen LogP contribution in [0.15, 0.2) is 81.2 Å². The van der Waals surface area contributed by atoms with Gasteiger partial charge in [-0.3, -0.25) is 0 Å². The highest BCUT2D eigenvalue weighted by Crippen LogP contribution is 2.45. The quantitative estimate of drug-likeness (QED) is 0.597. The molecule has 2 aromatic carbocycles. The Hall–Kier alpha value is -2.33. The monoisotopic (exact) mass is 323 g/mol. The van der Waals surface area contributed by atoms with Crippen molar-refractivity contribution in [1.29, 1.82) is 0 Å². The summed E-state index contributed by atoms with van der Waals surface area (Å²) < 4.78 is 19.8. The summed E-state index contributed by atoms with van der Waals surface area (Å²) in [6.07, 6.45) is 2.26. The Bertz CT molecular complexity index is 857. The van der Waals surface area contributed by atoms with Gasteiger partial charge in [0.25, 0.3) is 0 Å². The number of benzene rings is 2. The molecule has 23 heavy (non-hydrogen) atoms. The zero-order chi connectivity index (χ0) is 15.6. The highest BCUT2D eigenvalue weighted by molar-refractivity contribution is 7.99. The van der Waals surface area contributed by atoms with Crippen LogP contribution in [0.3, 0.4) is 0 Å². The number of halogens is 1. The van der Waals surface area contributed by atoms with Crippen molar-refractivity contribution in [2.75, 3.05) is 0 Å². The van der Waals surface area contributed by atoms with Gasteiger partial charge in [-0.05, 0) is 30.3 Å². The van der Waals surface area contributed by atoms with Crippen LogP contribution < -0.4 is 0 Å². The molecule has 0 N–H and O–H groups in total. The molecule has 0 saturated heterocycles. The molecule has 0 saturated carbocycles. The number of aliphatic imine (C=N–C) groups is 1. The van der Waals surface area contributed by atoms with Gasteiger partial charge < -0.3 is 4.42 Å². The van der Waals surface area contributed by atoms with Crippen LogP contribution in [0.4, 0.5) is 10.1 Å². The summed E-state index contributed by atoms with van der Waals surface area (Å²) >= 11 is 1.65. The van der Waals surface area contributed by atoms with E-state index in [1.54, 1.807) is 24.1 Å². The van der Waals surface area contributed by atoms with Gasteiger partial charge in [0, 0.05) is 22.1 Å². The lowest BCUT2D eigenvalue weighted by Gasteiger charge is -2.16. The van der Waals surface area contributed by atoms with E-state index >= 15 is 0 Å². The van der Waals surface area contributed by atoms with E-state index < -0.39 is 0 Å². The number of fused-ring (bicyclic) bond motifs is 1. The molecular formula is C19H14FNOS. The fourth-order valence-corrected chi connectivity index (χ4v) is 3.98. The van der Waals surface area contributed by atoms with Crippen molar-refractivity contribution in [3.8, 4) is 0 Å². The van der Waals surface area contributed by atoms with Crippen molar-refractivity contribution in [2.45, 2.75) is 16.6 Å². The van der Waals surface area contributed by atoms with Crippen molar-refractivity contribution >= 4 is 23.2 Å². The minimum atomic E-state index is -0.178. The number of rotatable bonds is 2. The normalized spacial score (nSPS) is 17.3. The first-order valence-corrected chi connectivity index (χ1v) is 8.31. The Morgan fingerprint density at radius 3 is 2.65 bits per heavy atom. The van der Waals surface area contributed by atoms with E-state index in [1.165, 1.54) is 6.07 Å². The number of hydrogen-bond donors (Lipinski definition) is 0. The van der Waals surface area contributed by atoms with E-state index in [4.69, 9.17) is 9.41 Å². The predicted molar refractivity (Wildman–Crippen MR) is 91.0 cm³/mol. The zero-order valence-corrected chi connectivity index (χ0v) is 13.1. The molecule has 1 aromatic heterocycles. The molecule has 0 spiro atoms. The highest BCUT2D eigenvalue weighted by atomic mass is 32.2. The number of furan rings is 1. The minimum absolute atomic E-state index is 0.0382. The molecule has 0 aliphatic carbocycles. The molecular weight excluding hydrogens is 309 g/mol. The summed E-state index contributed by atoms with van der Waals surface area (Å²) in [6, 6.07) is 18.7. The molecule has 4 rings (SSSR count). The Kier molecular flexibility index (Phi) is 3.75. The molecule has 1 atom stereocenters. The summed E-state index contributed by atoms with van der Waals surface area (Å²) in [5.41, 5.74) is 2.46. The second kappa shape index (κ2) is 6.05. The second-order valence-electron chi connectivity index (χ2n) is 5.34. The minimum Gasteiger partial charge on any atom is -0.463 e. The maximum Gasteiger partial charge on any atom is 0.148 e. The van der Waals surface area contributed by atoms with Crippen LogP contribution in [0.1, 0.15) is 23.0 Å². The molecule has 4 heteroatoms. The third kappa shape index (κ3) is 2.82. The third-order valence-corrected chi connectivity index (χ3v) is 5.13. The van der Waals surface area contributed by atoms with E-state index in [-0.39, 0.29) is 11.1 Å². The average molecular weight is 323 g/mol. The first-order valence-electron chi connectivity index (χ1n) is 7.43. The summed E-state index contributed by atoms with van der Waals surface area (Å²) in [5, 5.41) is -0.0382. The van der Waals surface area contributed by atoms with Gasteiger partial charge >= 0.3 is 0 Å². The molecule has 0 amide bonds. The third-order valence-electron chi connectivity index (χ3n) is 3.83. The van der Waals surface area contributed by atoms with Gasteiger partial charge in [-0.1, -0.05) is 30.3 Å². The zero-order valence-electron chi connectivity index (χ0n) is 12.3. The summed E-state index contributed by atoms with van der Waals surface area (Å²) in [5.74, 6) is 0.562. The molecule has 0 unspecified atom stereocenters. The highest BCUT2D eigenvalue weighted by Gasteiger charge is 2.25. The van der Waals surface area contributed by atoms with Crippen LogP contribution in [-0.4, -0.2) is 5.71 Å². The summed E-state index contributed by atoms with van der Waals surface area (Å²) in [6.45, 7) is 0. The number of hydrogen-bond acceptors (Lipinski definition) is 3. The number of nitrogens with zero attached hydrogens (tertiary/aromatic N) is 1. The Labute approximate surface area is 138 Å². The molecule has 0 fully saturated rings.